The lowest BCUT2D eigenvalue weighted by molar-refractivity contribution is 0.0664. The predicted molar refractivity (Wildman–Crippen MR) is 72.4 cm³/mol. The van der Waals surface area contributed by atoms with Gasteiger partial charge in [0.2, 0.25) is 10.0 Å². The molecule has 1 aromatic carbocycles. The Hall–Kier alpha value is -2.17. The highest BCUT2D eigenvalue weighted by atomic mass is 32.2. The zero-order chi connectivity index (χ0) is 14.8. The molecule has 1 N–H and O–H groups in total. The number of imide groups is 1. The first-order chi connectivity index (χ1) is 9.46. The molecule has 1 heterocycles. The molecule has 2 rings (SSSR count). The Morgan fingerprint density at radius 1 is 1.15 bits per heavy atom. The number of carbonyl (C=O) groups is 2. The zero-order valence-electron chi connectivity index (χ0n) is 10.5. The van der Waals surface area contributed by atoms with Crippen molar-refractivity contribution >= 4 is 21.8 Å². The Morgan fingerprint density at radius 2 is 1.70 bits per heavy atom. The summed E-state index contributed by atoms with van der Waals surface area (Å²) in [6.07, 6.45) is 4.96. The number of carbonyl (C=O) groups excluding carboxylic acids is 2. The number of sulfonamides is 1. The molecule has 104 valence electrons. The van der Waals surface area contributed by atoms with Crippen molar-refractivity contribution in [2.45, 2.75) is 0 Å². The quantitative estimate of drug-likeness (QED) is 0.603. The van der Waals surface area contributed by atoms with E-state index in [9.17, 15) is 18.0 Å². The predicted octanol–water partition coefficient (Wildman–Crippen LogP) is -0.165. The van der Waals surface area contributed by atoms with Crippen LogP contribution >= 0.6 is 0 Å². The summed E-state index contributed by atoms with van der Waals surface area (Å²) < 4.78 is 25.3. The van der Waals surface area contributed by atoms with Crippen LogP contribution in [0.5, 0.6) is 0 Å². The molecule has 0 saturated carbocycles. The lowest BCUT2D eigenvalue weighted by atomic mass is 10.1. The van der Waals surface area contributed by atoms with Crippen molar-refractivity contribution in [1.82, 2.24) is 9.62 Å². The fraction of sp³-hybridized carbons (Fsp3) is 0.231. The monoisotopic (exact) mass is 292 g/mol. The van der Waals surface area contributed by atoms with Crippen LogP contribution in [0.3, 0.4) is 0 Å². The van der Waals surface area contributed by atoms with Gasteiger partial charge in [0.25, 0.3) is 11.8 Å². The molecule has 0 unspecified atom stereocenters. The molecule has 7 heteroatoms. The van der Waals surface area contributed by atoms with Gasteiger partial charge in [0.05, 0.1) is 23.4 Å². The van der Waals surface area contributed by atoms with Crippen molar-refractivity contribution in [1.29, 1.82) is 0 Å². The molecular formula is C13H12N2O4S. The molecule has 0 spiro atoms. The van der Waals surface area contributed by atoms with E-state index in [1.54, 1.807) is 24.3 Å². The molecule has 1 aliphatic rings. The third kappa shape index (κ3) is 2.71. The van der Waals surface area contributed by atoms with E-state index < -0.39 is 21.8 Å². The number of fused-ring (bicyclic) bond motifs is 1. The van der Waals surface area contributed by atoms with Crippen molar-refractivity contribution in [2.24, 2.45) is 0 Å². The van der Waals surface area contributed by atoms with Crippen LogP contribution in [0.4, 0.5) is 0 Å². The van der Waals surface area contributed by atoms with Crippen LogP contribution in [0.15, 0.2) is 24.3 Å². The van der Waals surface area contributed by atoms with Crippen molar-refractivity contribution in [3.8, 4) is 12.3 Å². The molecule has 2 amide bonds. The summed E-state index contributed by atoms with van der Waals surface area (Å²) in [6.45, 7) is -0.323. The molecule has 0 atom stereocenters. The third-order valence-electron chi connectivity index (χ3n) is 2.86. The van der Waals surface area contributed by atoms with Crippen LogP contribution in [0.2, 0.25) is 0 Å². The van der Waals surface area contributed by atoms with Crippen molar-refractivity contribution in [2.75, 3.05) is 18.8 Å². The number of benzene rings is 1. The topological polar surface area (TPSA) is 83.6 Å². The number of hydrogen-bond acceptors (Lipinski definition) is 4. The molecule has 0 radical (unpaired) electrons. The van der Waals surface area contributed by atoms with E-state index in [-0.39, 0.29) is 18.8 Å². The summed E-state index contributed by atoms with van der Waals surface area (Å²) in [7, 11) is -3.60. The molecule has 6 nitrogen and oxygen atoms in total. The Balaban J connectivity index is 2.09. The Morgan fingerprint density at radius 3 is 2.20 bits per heavy atom. The number of amides is 2. The number of hydrogen-bond donors (Lipinski definition) is 1. The zero-order valence-corrected chi connectivity index (χ0v) is 11.3. The number of nitrogens with zero attached hydrogens (tertiary/aromatic N) is 1. The molecule has 1 aromatic rings. The molecule has 0 bridgehead atoms. The smallest absolute Gasteiger partial charge is 0.261 e. The van der Waals surface area contributed by atoms with E-state index in [2.05, 4.69) is 10.6 Å². The molecule has 0 fully saturated rings. The van der Waals surface area contributed by atoms with E-state index in [0.29, 0.717) is 11.1 Å². The van der Waals surface area contributed by atoms with Crippen LogP contribution in [-0.4, -0.2) is 44.0 Å². The van der Waals surface area contributed by atoms with Gasteiger partial charge in [-0.2, -0.15) is 0 Å². The second-order valence-corrected chi connectivity index (χ2v) is 6.08. The van der Waals surface area contributed by atoms with E-state index in [1.807, 2.05) is 0 Å². The minimum Gasteiger partial charge on any atom is -0.273 e. The van der Waals surface area contributed by atoms with Gasteiger partial charge in [0, 0.05) is 6.54 Å². The lowest BCUT2D eigenvalue weighted by Crippen LogP contribution is -2.37. The summed E-state index contributed by atoms with van der Waals surface area (Å²) in [5.74, 6) is 0.822. The Labute approximate surface area is 116 Å². The number of rotatable bonds is 5. The Bertz CT molecular complexity index is 668. The third-order valence-corrected chi connectivity index (χ3v) is 4.16. The minimum atomic E-state index is -3.60. The van der Waals surface area contributed by atoms with E-state index in [0.717, 1.165) is 4.90 Å². The van der Waals surface area contributed by atoms with Crippen LogP contribution < -0.4 is 4.72 Å². The standard InChI is InChI=1S/C13H12N2O4S/c1-2-7-14-20(18,19)9-8-15-12(16)10-5-3-4-6-11(10)13(15)17/h1,3-6,14H,7-9H2. The fourth-order valence-electron chi connectivity index (χ4n) is 1.88. The SMILES string of the molecule is C#CCNS(=O)(=O)CCN1C(=O)c2ccccc2C1=O. The highest BCUT2D eigenvalue weighted by Gasteiger charge is 2.35. The summed E-state index contributed by atoms with van der Waals surface area (Å²) in [5, 5.41) is 0. The van der Waals surface area contributed by atoms with E-state index in [4.69, 9.17) is 6.42 Å². The fourth-order valence-corrected chi connectivity index (χ4v) is 2.75. The Kier molecular flexibility index (Phi) is 3.88. The van der Waals surface area contributed by atoms with Crippen molar-refractivity contribution < 1.29 is 18.0 Å². The van der Waals surface area contributed by atoms with Crippen LogP contribution in [0, 0.1) is 12.3 Å². The minimum absolute atomic E-state index is 0.121. The van der Waals surface area contributed by atoms with Crippen LogP contribution in [-0.2, 0) is 10.0 Å². The largest absolute Gasteiger partial charge is 0.273 e. The van der Waals surface area contributed by atoms with E-state index >= 15 is 0 Å². The first kappa shape index (κ1) is 14.2. The molecule has 1 aliphatic heterocycles. The summed E-state index contributed by atoms with van der Waals surface area (Å²) in [6, 6.07) is 6.39. The second-order valence-electron chi connectivity index (χ2n) is 4.15. The highest BCUT2D eigenvalue weighted by Crippen LogP contribution is 2.21. The second kappa shape index (κ2) is 5.45. The first-order valence-electron chi connectivity index (χ1n) is 5.82. The summed E-state index contributed by atoms with van der Waals surface area (Å²) in [5.41, 5.74) is 0.595. The van der Waals surface area contributed by atoms with Gasteiger partial charge < -0.3 is 0 Å². The maximum Gasteiger partial charge on any atom is 0.261 e. The van der Waals surface area contributed by atoms with Crippen LogP contribution in [0.25, 0.3) is 0 Å². The lowest BCUT2D eigenvalue weighted by Gasteiger charge is -2.13. The van der Waals surface area contributed by atoms with Gasteiger partial charge in [-0.25, -0.2) is 13.1 Å². The number of terminal acetylenes is 1. The van der Waals surface area contributed by atoms with Crippen LogP contribution in [0.1, 0.15) is 20.7 Å². The average molecular weight is 292 g/mol. The van der Waals surface area contributed by atoms with E-state index in [1.165, 1.54) is 0 Å². The van der Waals surface area contributed by atoms with Gasteiger partial charge in [-0.3, -0.25) is 14.5 Å². The normalized spacial score (nSPS) is 14.2. The average Bonchev–Trinajstić information content (AvgIpc) is 2.67. The molecule has 20 heavy (non-hydrogen) atoms. The molecular weight excluding hydrogens is 280 g/mol. The molecule has 0 saturated heterocycles. The first-order valence-corrected chi connectivity index (χ1v) is 7.47. The summed E-state index contributed by atoms with van der Waals surface area (Å²) in [4.78, 5) is 24.9. The molecule has 0 aliphatic carbocycles. The van der Waals surface area contributed by atoms with Gasteiger partial charge in [-0.1, -0.05) is 18.1 Å². The van der Waals surface area contributed by atoms with Gasteiger partial charge >= 0.3 is 0 Å². The highest BCUT2D eigenvalue weighted by molar-refractivity contribution is 7.89. The van der Waals surface area contributed by atoms with Crippen molar-refractivity contribution in [3.05, 3.63) is 35.4 Å². The maximum atomic E-state index is 12.0. The number of nitrogens with one attached hydrogen (secondary N) is 1. The van der Waals surface area contributed by atoms with Crippen molar-refractivity contribution in [3.63, 3.8) is 0 Å². The van der Waals surface area contributed by atoms with Gasteiger partial charge in [0.15, 0.2) is 0 Å². The van der Waals surface area contributed by atoms with Gasteiger partial charge in [0.1, 0.15) is 0 Å². The maximum absolute atomic E-state index is 12.0. The molecule has 0 aromatic heterocycles. The summed E-state index contributed by atoms with van der Waals surface area (Å²) >= 11 is 0. The van der Waals surface area contributed by atoms with Gasteiger partial charge in [-0.15, -0.1) is 6.42 Å². The van der Waals surface area contributed by atoms with Gasteiger partial charge in [-0.05, 0) is 12.1 Å².